The van der Waals surface area contributed by atoms with Crippen molar-refractivity contribution in [3.8, 4) is 5.75 Å². The van der Waals surface area contributed by atoms with E-state index in [0.717, 1.165) is 23.8 Å². The second kappa shape index (κ2) is 6.87. The first kappa shape index (κ1) is 15.7. The maximum Gasteiger partial charge on any atom is 0.138 e. The maximum absolute atomic E-state index is 13.5. The number of ether oxygens (including phenoxy) is 1. The number of rotatable bonds is 5. The third-order valence-corrected chi connectivity index (χ3v) is 3.58. The zero-order valence-corrected chi connectivity index (χ0v) is 12.5. The van der Waals surface area contributed by atoms with Crippen molar-refractivity contribution in [1.82, 2.24) is 5.32 Å². The van der Waals surface area contributed by atoms with Crippen LogP contribution in [0.4, 0.5) is 8.78 Å². The molecule has 0 aliphatic carbocycles. The third kappa shape index (κ3) is 3.93. The van der Waals surface area contributed by atoms with Gasteiger partial charge in [-0.2, -0.15) is 0 Å². The minimum atomic E-state index is -0.507. The summed E-state index contributed by atoms with van der Waals surface area (Å²) in [5, 5.41) is 3.55. The average molecular weight is 312 g/mol. The third-order valence-electron chi connectivity index (χ3n) is 3.28. The molecule has 1 unspecified atom stereocenters. The highest BCUT2D eigenvalue weighted by molar-refractivity contribution is 6.32. The molecule has 0 saturated carbocycles. The minimum Gasteiger partial charge on any atom is -0.487 e. The van der Waals surface area contributed by atoms with Gasteiger partial charge in [0.2, 0.25) is 0 Å². The Morgan fingerprint density at radius 3 is 2.62 bits per heavy atom. The van der Waals surface area contributed by atoms with E-state index < -0.39 is 11.6 Å². The Morgan fingerprint density at radius 2 is 1.95 bits per heavy atom. The van der Waals surface area contributed by atoms with Gasteiger partial charge in [0, 0.05) is 11.6 Å². The van der Waals surface area contributed by atoms with Crippen LogP contribution < -0.4 is 10.1 Å². The molecule has 0 amide bonds. The van der Waals surface area contributed by atoms with E-state index >= 15 is 0 Å². The summed E-state index contributed by atoms with van der Waals surface area (Å²) in [5.41, 5.74) is 1.17. The molecule has 112 valence electrons. The zero-order chi connectivity index (χ0) is 15.4. The molecule has 2 nitrogen and oxygen atoms in total. The molecule has 2 rings (SSSR count). The van der Waals surface area contributed by atoms with Gasteiger partial charge in [0.05, 0.1) is 5.02 Å². The van der Waals surface area contributed by atoms with E-state index in [1.165, 1.54) is 0 Å². The van der Waals surface area contributed by atoms with E-state index in [0.29, 0.717) is 10.8 Å². The van der Waals surface area contributed by atoms with Gasteiger partial charge in [-0.3, -0.25) is 0 Å². The van der Waals surface area contributed by atoms with E-state index in [4.69, 9.17) is 16.3 Å². The normalized spacial score (nSPS) is 12.2. The number of nitrogens with one attached hydrogen (secondary N) is 1. The van der Waals surface area contributed by atoms with Crippen molar-refractivity contribution in [2.45, 2.75) is 19.6 Å². The van der Waals surface area contributed by atoms with Gasteiger partial charge in [0.1, 0.15) is 24.0 Å². The highest BCUT2D eigenvalue weighted by Crippen LogP contribution is 2.28. The van der Waals surface area contributed by atoms with Gasteiger partial charge in [-0.1, -0.05) is 17.7 Å². The van der Waals surface area contributed by atoms with Gasteiger partial charge in [-0.25, -0.2) is 8.78 Å². The van der Waals surface area contributed by atoms with Crippen LogP contribution >= 0.6 is 11.6 Å². The van der Waals surface area contributed by atoms with Gasteiger partial charge in [-0.05, 0) is 49.9 Å². The van der Waals surface area contributed by atoms with Crippen molar-refractivity contribution in [1.29, 1.82) is 0 Å². The van der Waals surface area contributed by atoms with Crippen molar-refractivity contribution in [3.63, 3.8) is 0 Å². The largest absolute Gasteiger partial charge is 0.487 e. The molecule has 21 heavy (non-hydrogen) atoms. The lowest BCUT2D eigenvalue weighted by Crippen LogP contribution is -2.12. The Morgan fingerprint density at radius 1 is 1.19 bits per heavy atom. The number of halogens is 3. The molecule has 1 N–H and O–H groups in total. The summed E-state index contributed by atoms with van der Waals surface area (Å²) in [4.78, 5) is 0. The average Bonchev–Trinajstić information content (AvgIpc) is 2.48. The van der Waals surface area contributed by atoms with Crippen LogP contribution in [0.3, 0.4) is 0 Å². The molecule has 0 spiro atoms. The fraction of sp³-hybridized carbons (Fsp3) is 0.250. The first-order valence-electron chi connectivity index (χ1n) is 6.54. The monoisotopic (exact) mass is 311 g/mol. The lowest BCUT2D eigenvalue weighted by atomic mass is 10.1. The van der Waals surface area contributed by atoms with Crippen LogP contribution in [0.15, 0.2) is 36.4 Å². The molecule has 0 fully saturated rings. The summed E-state index contributed by atoms with van der Waals surface area (Å²) in [6.45, 7) is 1.93. The van der Waals surface area contributed by atoms with Gasteiger partial charge in [0.15, 0.2) is 0 Å². The summed E-state index contributed by atoms with van der Waals surface area (Å²) in [5.74, 6) is -0.570. The minimum absolute atomic E-state index is 0.0791. The van der Waals surface area contributed by atoms with Crippen LogP contribution in [0.1, 0.15) is 24.1 Å². The summed E-state index contributed by atoms with van der Waals surface area (Å²) in [6.07, 6.45) is 0. The summed E-state index contributed by atoms with van der Waals surface area (Å²) >= 11 is 6.15. The van der Waals surface area contributed by atoms with Gasteiger partial charge >= 0.3 is 0 Å². The first-order valence-corrected chi connectivity index (χ1v) is 6.92. The second-order valence-electron chi connectivity index (χ2n) is 4.72. The first-order chi connectivity index (χ1) is 10.0. The molecule has 0 bridgehead atoms. The molecule has 0 aromatic heterocycles. The van der Waals surface area contributed by atoms with Gasteiger partial charge in [0.25, 0.3) is 0 Å². The van der Waals surface area contributed by atoms with E-state index in [9.17, 15) is 8.78 Å². The molecule has 2 aromatic rings. The number of benzene rings is 2. The topological polar surface area (TPSA) is 21.3 Å². The van der Waals surface area contributed by atoms with Crippen LogP contribution in [-0.2, 0) is 6.61 Å². The molecule has 0 radical (unpaired) electrons. The van der Waals surface area contributed by atoms with Crippen molar-refractivity contribution in [2.24, 2.45) is 0 Å². The Bertz CT molecular complexity index is 634. The SMILES string of the molecule is CNC(C)c1ccc(OCc2cc(F)ccc2F)c(Cl)c1. The highest BCUT2D eigenvalue weighted by atomic mass is 35.5. The van der Waals surface area contributed by atoms with Crippen LogP contribution in [0.25, 0.3) is 0 Å². The summed E-state index contributed by atoms with van der Waals surface area (Å²) in [6, 6.07) is 8.82. The van der Waals surface area contributed by atoms with Crippen molar-refractivity contribution < 1.29 is 13.5 Å². The summed E-state index contributed by atoms with van der Waals surface area (Å²) in [7, 11) is 1.86. The summed E-state index contributed by atoms with van der Waals surface area (Å²) < 4.78 is 32.0. The number of hydrogen-bond donors (Lipinski definition) is 1. The van der Waals surface area contributed by atoms with Crippen LogP contribution in [0.2, 0.25) is 5.02 Å². The molecule has 5 heteroatoms. The fourth-order valence-electron chi connectivity index (χ4n) is 1.88. The molecule has 0 heterocycles. The molecular weight excluding hydrogens is 296 g/mol. The van der Waals surface area contributed by atoms with Gasteiger partial charge < -0.3 is 10.1 Å². The Hall–Kier alpha value is -1.65. The second-order valence-corrected chi connectivity index (χ2v) is 5.13. The maximum atomic E-state index is 13.5. The highest BCUT2D eigenvalue weighted by Gasteiger charge is 2.09. The molecule has 0 aliphatic heterocycles. The standard InChI is InChI=1S/C16H16ClF2NO/c1-10(20-2)11-3-6-16(14(17)8-11)21-9-12-7-13(18)4-5-15(12)19/h3-8,10,20H,9H2,1-2H3. The Balaban J connectivity index is 2.11. The van der Waals surface area contributed by atoms with Crippen LogP contribution in [0.5, 0.6) is 5.75 Å². The van der Waals surface area contributed by atoms with Crippen LogP contribution in [-0.4, -0.2) is 7.05 Å². The van der Waals surface area contributed by atoms with E-state index in [1.807, 2.05) is 20.0 Å². The lowest BCUT2D eigenvalue weighted by molar-refractivity contribution is 0.299. The zero-order valence-electron chi connectivity index (χ0n) is 11.8. The lowest BCUT2D eigenvalue weighted by Gasteiger charge is -2.13. The molecule has 0 saturated heterocycles. The van der Waals surface area contributed by atoms with Crippen molar-refractivity contribution in [2.75, 3.05) is 7.05 Å². The predicted octanol–water partition coefficient (Wildman–Crippen LogP) is 4.48. The van der Waals surface area contributed by atoms with Gasteiger partial charge in [-0.15, -0.1) is 0 Å². The van der Waals surface area contributed by atoms with E-state index in [1.54, 1.807) is 12.1 Å². The van der Waals surface area contributed by atoms with Crippen molar-refractivity contribution >= 4 is 11.6 Å². The Labute approximate surface area is 127 Å². The number of hydrogen-bond acceptors (Lipinski definition) is 2. The predicted molar refractivity (Wildman–Crippen MR) is 79.6 cm³/mol. The molecule has 1 atom stereocenters. The smallest absolute Gasteiger partial charge is 0.138 e. The Kier molecular flexibility index (Phi) is 5.15. The van der Waals surface area contributed by atoms with E-state index in [-0.39, 0.29) is 18.2 Å². The fourth-order valence-corrected chi connectivity index (χ4v) is 2.12. The van der Waals surface area contributed by atoms with E-state index in [2.05, 4.69) is 5.32 Å². The molecular formula is C16H16ClF2NO. The molecule has 2 aromatic carbocycles. The molecule has 0 aliphatic rings. The van der Waals surface area contributed by atoms with Crippen molar-refractivity contribution in [3.05, 3.63) is 64.2 Å². The quantitative estimate of drug-likeness (QED) is 0.879. The van der Waals surface area contributed by atoms with Crippen LogP contribution in [0, 0.1) is 11.6 Å².